The fourth-order valence-electron chi connectivity index (χ4n) is 4.34. The number of halogens is 2. The van der Waals surface area contributed by atoms with Gasteiger partial charge >= 0.3 is 0 Å². The third-order valence-electron chi connectivity index (χ3n) is 5.95. The van der Waals surface area contributed by atoms with E-state index in [0.29, 0.717) is 10.0 Å². The van der Waals surface area contributed by atoms with Crippen LogP contribution in [0, 0.1) is 0 Å². The Labute approximate surface area is 219 Å². The summed E-state index contributed by atoms with van der Waals surface area (Å²) in [7, 11) is 0. The van der Waals surface area contributed by atoms with Crippen molar-refractivity contribution in [1.82, 2.24) is 4.98 Å². The number of benzene rings is 3. The van der Waals surface area contributed by atoms with Crippen molar-refractivity contribution in [3.05, 3.63) is 110 Å². The lowest BCUT2D eigenvalue weighted by Gasteiger charge is -2.25. The molecule has 0 N–H and O–H groups in total. The molecule has 1 aliphatic carbocycles. The molecule has 0 unspecified atom stereocenters. The van der Waals surface area contributed by atoms with Gasteiger partial charge < -0.3 is 0 Å². The van der Waals surface area contributed by atoms with E-state index in [4.69, 9.17) is 28.2 Å². The van der Waals surface area contributed by atoms with Gasteiger partial charge in [-0.05, 0) is 72.0 Å². The van der Waals surface area contributed by atoms with Crippen molar-refractivity contribution in [1.29, 1.82) is 0 Å². The monoisotopic (exact) mass is 519 g/mol. The molecule has 0 atom stereocenters. The zero-order chi connectivity index (χ0) is 23.5. The molecule has 4 aromatic rings. The van der Waals surface area contributed by atoms with Gasteiger partial charge in [0.25, 0.3) is 0 Å². The summed E-state index contributed by atoms with van der Waals surface area (Å²) in [5.41, 5.74) is 8.45. The number of pyridine rings is 1. The van der Waals surface area contributed by atoms with Crippen LogP contribution in [0.5, 0.6) is 0 Å². The summed E-state index contributed by atoms with van der Waals surface area (Å²) in [4.78, 5) is 6.35. The molecule has 34 heavy (non-hydrogen) atoms. The van der Waals surface area contributed by atoms with Gasteiger partial charge in [-0.15, -0.1) is 11.8 Å². The van der Waals surface area contributed by atoms with Crippen LogP contribution in [0.15, 0.2) is 94.1 Å². The standard InChI is InChI=1S/C29H23Cl2NS2/c1-33-29(34-21-15-16-25(30)26(31)17-21)23-14-8-13-22-24(19-9-4-2-5-10-19)18-27(32-28(22)23)20-11-6-3-7-12-20/h2-7,9-12,15-18H,8,13-14H2,1H3/b29-23-. The number of hydrogen-bond acceptors (Lipinski definition) is 3. The van der Waals surface area contributed by atoms with Crippen LogP contribution in [-0.2, 0) is 6.42 Å². The molecule has 1 aromatic heterocycles. The Morgan fingerprint density at radius 1 is 0.794 bits per heavy atom. The van der Waals surface area contributed by atoms with Gasteiger partial charge in [0.05, 0.1) is 25.7 Å². The highest BCUT2D eigenvalue weighted by Crippen LogP contribution is 2.46. The Bertz CT molecular complexity index is 1350. The largest absolute Gasteiger partial charge is 0.248 e. The summed E-state index contributed by atoms with van der Waals surface area (Å²) in [6, 6.07) is 29.2. The molecule has 0 spiro atoms. The molecular formula is C29H23Cl2NS2. The van der Waals surface area contributed by atoms with Crippen LogP contribution in [0.25, 0.3) is 28.0 Å². The third kappa shape index (κ3) is 4.94. The molecule has 0 aliphatic heterocycles. The third-order valence-corrected chi connectivity index (χ3v) is 8.98. The summed E-state index contributed by atoms with van der Waals surface area (Å²) >= 11 is 16.0. The molecule has 0 amide bonds. The van der Waals surface area contributed by atoms with Gasteiger partial charge in [0.2, 0.25) is 0 Å². The first kappa shape index (κ1) is 23.6. The van der Waals surface area contributed by atoms with Crippen LogP contribution in [0.4, 0.5) is 0 Å². The molecule has 0 fully saturated rings. The van der Waals surface area contributed by atoms with E-state index >= 15 is 0 Å². The van der Waals surface area contributed by atoms with Gasteiger partial charge in [0.1, 0.15) is 0 Å². The second-order valence-corrected chi connectivity index (χ2v) is 11.1. The molecule has 5 heteroatoms. The van der Waals surface area contributed by atoms with Gasteiger partial charge in [-0.1, -0.05) is 95.6 Å². The van der Waals surface area contributed by atoms with Gasteiger partial charge in [-0.25, -0.2) is 4.98 Å². The number of allylic oxidation sites excluding steroid dienone is 1. The van der Waals surface area contributed by atoms with Crippen LogP contribution in [-0.4, -0.2) is 11.2 Å². The first-order valence-electron chi connectivity index (χ1n) is 11.2. The van der Waals surface area contributed by atoms with E-state index in [1.165, 1.54) is 26.5 Å². The predicted molar refractivity (Wildman–Crippen MR) is 151 cm³/mol. The van der Waals surface area contributed by atoms with Crippen LogP contribution < -0.4 is 0 Å². The van der Waals surface area contributed by atoms with Crippen molar-refractivity contribution in [3.8, 4) is 22.4 Å². The molecule has 0 radical (unpaired) electrons. The summed E-state index contributed by atoms with van der Waals surface area (Å²) in [6.45, 7) is 0. The first-order valence-corrected chi connectivity index (χ1v) is 14.0. The summed E-state index contributed by atoms with van der Waals surface area (Å²) < 4.78 is 1.26. The summed E-state index contributed by atoms with van der Waals surface area (Å²) in [5.74, 6) is 0. The maximum Gasteiger partial charge on any atom is 0.0723 e. The molecule has 1 nitrogen and oxygen atoms in total. The average molecular weight is 521 g/mol. The van der Waals surface area contributed by atoms with Gasteiger partial charge in [0, 0.05) is 10.5 Å². The molecule has 1 aliphatic rings. The van der Waals surface area contributed by atoms with E-state index in [-0.39, 0.29) is 0 Å². The van der Waals surface area contributed by atoms with Crippen LogP contribution in [0.1, 0.15) is 24.1 Å². The SMILES string of the molecule is CS/C(Sc1ccc(Cl)c(Cl)c1)=C1\CCCc2c(-c3ccccc3)cc(-c3ccccc3)nc21. The fourth-order valence-corrected chi connectivity index (χ4v) is 6.62. The van der Waals surface area contributed by atoms with Gasteiger partial charge in [0.15, 0.2) is 0 Å². The zero-order valence-corrected chi connectivity index (χ0v) is 21.9. The van der Waals surface area contributed by atoms with Crippen LogP contribution in [0.2, 0.25) is 10.0 Å². The lowest BCUT2D eigenvalue weighted by atomic mass is 9.86. The van der Waals surface area contributed by atoms with E-state index < -0.39 is 0 Å². The molecule has 3 aromatic carbocycles. The van der Waals surface area contributed by atoms with E-state index in [1.807, 2.05) is 24.3 Å². The Morgan fingerprint density at radius 2 is 1.50 bits per heavy atom. The number of fused-ring (bicyclic) bond motifs is 1. The normalized spacial score (nSPS) is 14.6. The van der Waals surface area contributed by atoms with E-state index in [0.717, 1.165) is 41.1 Å². The predicted octanol–water partition coefficient (Wildman–Crippen LogP) is 9.88. The van der Waals surface area contributed by atoms with E-state index in [1.54, 1.807) is 23.5 Å². The molecule has 170 valence electrons. The second-order valence-electron chi connectivity index (χ2n) is 8.12. The maximum absolute atomic E-state index is 6.30. The zero-order valence-electron chi connectivity index (χ0n) is 18.7. The molecule has 1 heterocycles. The van der Waals surface area contributed by atoms with Crippen LogP contribution in [0.3, 0.4) is 0 Å². The molecular weight excluding hydrogens is 497 g/mol. The number of thioether (sulfide) groups is 2. The maximum atomic E-state index is 6.30. The quantitative estimate of drug-likeness (QED) is 0.243. The van der Waals surface area contributed by atoms with E-state index in [9.17, 15) is 0 Å². The minimum absolute atomic E-state index is 0.578. The lowest BCUT2D eigenvalue weighted by Crippen LogP contribution is -2.09. The first-order chi connectivity index (χ1) is 16.6. The van der Waals surface area contributed by atoms with Crippen molar-refractivity contribution in [2.75, 3.05) is 6.26 Å². The Kier molecular flexibility index (Phi) is 7.36. The van der Waals surface area contributed by atoms with Crippen molar-refractivity contribution in [3.63, 3.8) is 0 Å². The van der Waals surface area contributed by atoms with E-state index in [2.05, 4.69) is 66.9 Å². The number of aromatic nitrogens is 1. The second kappa shape index (κ2) is 10.6. The number of hydrogen-bond donors (Lipinski definition) is 0. The minimum Gasteiger partial charge on any atom is -0.248 e. The van der Waals surface area contributed by atoms with Crippen molar-refractivity contribution >= 4 is 52.3 Å². The highest BCUT2D eigenvalue weighted by molar-refractivity contribution is 8.22. The fraction of sp³-hybridized carbons (Fsp3) is 0.138. The smallest absolute Gasteiger partial charge is 0.0723 e. The van der Waals surface area contributed by atoms with Crippen molar-refractivity contribution in [2.45, 2.75) is 24.2 Å². The van der Waals surface area contributed by atoms with Crippen LogP contribution >= 0.6 is 46.7 Å². The minimum atomic E-state index is 0.578. The van der Waals surface area contributed by atoms with Crippen molar-refractivity contribution in [2.24, 2.45) is 0 Å². The highest BCUT2D eigenvalue weighted by atomic mass is 35.5. The van der Waals surface area contributed by atoms with Crippen molar-refractivity contribution < 1.29 is 0 Å². The number of rotatable bonds is 5. The Hall–Kier alpha value is -2.17. The Balaban J connectivity index is 1.69. The summed E-state index contributed by atoms with van der Waals surface area (Å²) in [5, 5.41) is 1.16. The topological polar surface area (TPSA) is 12.9 Å². The molecule has 0 saturated heterocycles. The molecule has 0 bridgehead atoms. The van der Waals surface area contributed by atoms with Gasteiger partial charge in [-0.3, -0.25) is 0 Å². The number of nitrogens with zero attached hydrogens (tertiary/aromatic N) is 1. The average Bonchev–Trinajstić information content (AvgIpc) is 2.89. The lowest BCUT2D eigenvalue weighted by molar-refractivity contribution is 0.811. The van der Waals surface area contributed by atoms with Gasteiger partial charge in [-0.2, -0.15) is 0 Å². The summed E-state index contributed by atoms with van der Waals surface area (Å²) in [6.07, 6.45) is 5.29. The Morgan fingerprint density at radius 3 is 2.18 bits per heavy atom. The highest BCUT2D eigenvalue weighted by Gasteiger charge is 2.24. The molecule has 5 rings (SSSR count). The molecule has 0 saturated carbocycles.